The van der Waals surface area contributed by atoms with E-state index in [1.54, 1.807) is 18.3 Å². The van der Waals surface area contributed by atoms with Crippen molar-refractivity contribution in [3.63, 3.8) is 0 Å². The van der Waals surface area contributed by atoms with Crippen LogP contribution in [0.15, 0.2) is 36.5 Å². The average Bonchev–Trinajstić information content (AvgIpc) is 2.89. The van der Waals surface area contributed by atoms with Crippen molar-refractivity contribution in [2.24, 2.45) is 7.05 Å². The summed E-state index contributed by atoms with van der Waals surface area (Å²) in [5.41, 5.74) is 1.15. The molecule has 1 heterocycles. The number of hydrogen-bond donors (Lipinski definition) is 0. The molecule has 1 aromatic carbocycles. The number of nitro benzene ring substituents is 1. The highest BCUT2D eigenvalue weighted by Gasteiger charge is 2.17. The number of likely N-dealkylation sites (N-methyl/N-ethyl adjacent to an activating group) is 1. The number of aromatic nitrogens is 2. The Balaban J connectivity index is 2.05. The standard InChI is InChI=1S/C15H20N4O3/c1-17(2)10-12(15-8-9-16-18(15)3)11-22-14-6-4-13(5-7-14)19(20)21/h4-9,12H,10-11H2,1-3H3. The van der Waals surface area contributed by atoms with Crippen LogP contribution in [0.1, 0.15) is 11.6 Å². The summed E-state index contributed by atoms with van der Waals surface area (Å²) in [6.07, 6.45) is 1.77. The zero-order valence-electron chi connectivity index (χ0n) is 13.0. The SMILES string of the molecule is CN(C)CC(COc1ccc([N+](=O)[O-])cc1)c1ccnn1C. The number of benzene rings is 1. The molecule has 7 heteroatoms. The highest BCUT2D eigenvalue weighted by Crippen LogP contribution is 2.21. The summed E-state index contributed by atoms with van der Waals surface area (Å²) in [5, 5.41) is 14.8. The van der Waals surface area contributed by atoms with Gasteiger partial charge in [-0.25, -0.2) is 0 Å². The summed E-state index contributed by atoms with van der Waals surface area (Å²) in [5.74, 6) is 0.786. The number of ether oxygens (including phenoxy) is 1. The molecule has 0 aliphatic rings. The second-order valence-corrected chi connectivity index (χ2v) is 5.40. The minimum absolute atomic E-state index is 0.0591. The van der Waals surface area contributed by atoms with Gasteiger partial charge in [0.2, 0.25) is 0 Å². The Morgan fingerprint density at radius 3 is 2.50 bits per heavy atom. The third kappa shape index (κ3) is 4.05. The van der Waals surface area contributed by atoms with Gasteiger partial charge in [0, 0.05) is 43.5 Å². The quantitative estimate of drug-likeness (QED) is 0.578. The molecule has 1 unspecified atom stereocenters. The predicted octanol–water partition coefficient (Wildman–Crippen LogP) is 2.05. The lowest BCUT2D eigenvalue weighted by atomic mass is 10.1. The van der Waals surface area contributed by atoms with Crippen molar-refractivity contribution in [1.29, 1.82) is 0 Å². The fourth-order valence-corrected chi connectivity index (χ4v) is 2.32. The number of hydrogen-bond acceptors (Lipinski definition) is 5. The van der Waals surface area contributed by atoms with E-state index in [1.165, 1.54) is 12.1 Å². The predicted molar refractivity (Wildman–Crippen MR) is 83.1 cm³/mol. The molecule has 0 amide bonds. The summed E-state index contributed by atoms with van der Waals surface area (Å²) < 4.78 is 7.63. The Bertz CT molecular complexity index is 622. The van der Waals surface area contributed by atoms with Gasteiger partial charge in [-0.3, -0.25) is 14.8 Å². The van der Waals surface area contributed by atoms with Crippen molar-refractivity contribution in [3.05, 3.63) is 52.3 Å². The van der Waals surface area contributed by atoms with Crippen LogP contribution >= 0.6 is 0 Å². The highest BCUT2D eigenvalue weighted by atomic mass is 16.6. The maximum Gasteiger partial charge on any atom is 0.269 e. The summed E-state index contributed by atoms with van der Waals surface area (Å²) in [6.45, 7) is 1.31. The van der Waals surface area contributed by atoms with Crippen molar-refractivity contribution in [3.8, 4) is 5.75 Å². The van der Waals surface area contributed by atoms with Gasteiger partial charge in [-0.2, -0.15) is 5.10 Å². The number of aryl methyl sites for hydroxylation is 1. The lowest BCUT2D eigenvalue weighted by molar-refractivity contribution is -0.384. The molecule has 22 heavy (non-hydrogen) atoms. The molecule has 2 rings (SSSR count). The van der Waals surface area contributed by atoms with Gasteiger partial charge in [-0.05, 0) is 32.3 Å². The van der Waals surface area contributed by atoms with Crippen molar-refractivity contribution >= 4 is 5.69 Å². The molecule has 0 aliphatic heterocycles. The lowest BCUT2D eigenvalue weighted by Crippen LogP contribution is -2.26. The van der Waals surface area contributed by atoms with Crippen LogP contribution in [-0.2, 0) is 7.05 Å². The van der Waals surface area contributed by atoms with E-state index in [1.807, 2.05) is 31.9 Å². The molecule has 0 N–H and O–H groups in total. The lowest BCUT2D eigenvalue weighted by Gasteiger charge is -2.21. The normalized spacial score (nSPS) is 12.4. The van der Waals surface area contributed by atoms with Gasteiger partial charge in [-0.1, -0.05) is 0 Å². The molecule has 1 aromatic heterocycles. The molecule has 0 bridgehead atoms. The summed E-state index contributed by atoms with van der Waals surface area (Å²) in [7, 11) is 5.92. The van der Waals surface area contributed by atoms with Crippen LogP contribution in [0.2, 0.25) is 0 Å². The van der Waals surface area contributed by atoms with Gasteiger partial charge < -0.3 is 9.64 Å². The van der Waals surface area contributed by atoms with Gasteiger partial charge in [0.15, 0.2) is 0 Å². The zero-order valence-corrected chi connectivity index (χ0v) is 13.0. The number of nitrogens with zero attached hydrogens (tertiary/aromatic N) is 4. The Hall–Kier alpha value is -2.41. The minimum atomic E-state index is -0.422. The third-order valence-corrected chi connectivity index (χ3v) is 3.36. The Labute approximate surface area is 129 Å². The van der Waals surface area contributed by atoms with Crippen molar-refractivity contribution in [2.75, 3.05) is 27.2 Å². The molecule has 0 saturated carbocycles. The van der Waals surface area contributed by atoms with E-state index in [4.69, 9.17) is 4.74 Å². The van der Waals surface area contributed by atoms with Crippen LogP contribution in [0.5, 0.6) is 5.75 Å². The highest BCUT2D eigenvalue weighted by molar-refractivity contribution is 5.36. The summed E-state index contributed by atoms with van der Waals surface area (Å²) in [4.78, 5) is 12.3. The van der Waals surface area contributed by atoms with E-state index in [-0.39, 0.29) is 11.6 Å². The van der Waals surface area contributed by atoms with E-state index < -0.39 is 4.92 Å². The monoisotopic (exact) mass is 304 g/mol. The number of nitro groups is 1. The van der Waals surface area contributed by atoms with E-state index in [9.17, 15) is 10.1 Å². The largest absolute Gasteiger partial charge is 0.493 e. The minimum Gasteiger partial charge on any atom is -0.493 e. The van der Waals surface area contributed by atoms with Crippen LogP contribution in [-0.4, -0.2) is 46.9 Å². The number of rotatable bonds is 7. The van der Waals surface area contributed by atoms with Gasteiger partial charge in [0.25, 0.3) is 5.69 Å². The molecule has 0 spiro atoms. The van der Waals surface area contributed by atoms with Crippen LogP contribution in [0.25, 0.3) is 0 Å². The zero-order chi connectivity index (χ0) is 16.1. The number of non-ortho nitro benzene ring substituents is 1. The molecule has 2 aromatic rings. The van der Waals surface area contributed by atoms with Crippen LogP contribution in [0, 0.1) is 10.1 Å². The second kappa shape index (κ2) is 7.04. The summed E-state index contributed by atoms with van der Waals surface area (Å²) >= 11 is 0. The van der Waals surface area contributed by atoms with E-state index in [0.29, 0.717) is 12.4 Å². The Kier molecular flexibility index (Phi) is 5.11. The van der Waals surface area contributed by atoms with E-state index in [2.05, 4.69) is 10.00 Å². The van der Waals surface area contributed by atoms with Gasteiger partial charge in [-0.15, -0.1) is 0 Å². The van der Waals surface area contributed by atoms with Crippen LogP contribution in [0.4, 0.5) is 5.69 Å². The molecular weight excluding hydrogens is 284 g/mol. The maximum absolute atomic E-state index is 10.6. The first-order valence-corrected chi connectivity index (χ1v) is 6.97. The van der Waals surface area contributed by atoms with E-state index in [0.717, 1.165) is 12.2 Å². The van der Waals surface area contributed by atoms with Crippen molar-refractivity contribution in [2.45, 2.75) is 5.92 Å². The molecule has 0 saturated heterocycles. The first kappa shape index (κ1) is 16.0. The summed E-state index contributed by atoms with van der Waals surface area (Å²) in [6, 6.07) is 8.11. The molecule has 118 valence electrons. The van der Waals surface area contributed by atoms with Gasteiger partial charge in [0.1, 0.15) is 5.75 Å². The topological polar surface area (TPSA) is 73.4 Å². The first-order valence-electron chi connectivity index (χ1n) is 6.97. The van der Waals surface area contributed by atoms with Crippen molar-refractivity contribution < 1.29 is 9.66 Å². The van der Waals surface area contributed by atoms with Crippen LogP contribution < -0.4 is 4.74 Å². The molecule has 0 radical (unpaired) electrons. The molecular formula is C15H20N4O3. The Morgan fingerprint density at radius 2 is 2.00 bits per heavy atom. The maximum atomic E-state index is 10.6. The molecule has 0 fully saturated rings. The fourth-order valence-electron chi connectivity index (χ4n) is 2.32. The van der Waals surface area contributed by atoms with Crippen molar-refractivity contribution in [1.82, 2.24) is 14.7 Å². The Morgan fingerprint density at radius 1 is 1.32 bits per heavy atom. The van der Waals surface area contributed by atoms with Gasteiger partial charge in [0.05, 0.1) is 11.5 Å². The van der Waals surface area contributed by atoms with Gasteiger partial charge >= 0.3 is 0 Å². The van der Waals surface area contributed by atoms with Crippen LogP contribution in [0.3, 0.4) is 0 Å². The molecule has 1 atom stereocenters. The molecule has 0 aliphatic carbocycles. The smallest absolute Gasteiger partial charge is 0.269 e. The second-order valence-electron chi connectivity index (χ2n) is 5.40. The average molecular weight is 304 g/mol. The first-order chi connectivity index (χ1) is 10.5. The molecule has 7 nitrogen and oxygen atoms in total. The van der Waals surface area contributed by atoms with E-state index >= 15 is 0 Å². The third-order valence-electron chi connectivity index (χ3n) is 3.36. The fraction of sp³-hybridized carbons (Fsp3) is 0.400.